The van der Waals surface area contributed by atoms with Crippen molar-refractivity contribution in [2.45, 2.75) is 57.6 Å². The molecule has 0 bridgehead atoms. The Hall–Kier alpha value is -2.90. The lowest BCUT2D eigenvalue weighted by molar-refractivity contribution is -0.141. The molecule has 1 spiro atoms. The van der Waals surface area contributed by atoms with Crippen LogP contribution in [-0.2, 0) is 19.2 Å². The minimum absolute atomic E-state index is 0.0282. The Kier molecular flexibility index (Phi) is 4.59. The van der Waals surface area contributed by atoms with Gasteiger partial charge in [0.2, 0.25) is 17.7 Å². The van der Waals surface area contributed by atoms with E-state index in [1.54, 1.807) is 11.8 Å². The Balaban J connectivity index is 1.51. The number of oxime groups is 1. The van der Waals surface area contributed by atoms with Crippen LogP contribution < -0.4 is 11.1 Å². The molecule has 2 aliphatic heterocycles. The molecule has 4 rings (SSSR count). The number of amides is 3. The lowest BCUT2D eigenvalue weighted by Gasteiger charge is -2.25. The van der Waals surface area contributed by atoms with Gasteiger partial charge in [-0.25, -0.2) is 0 Å². The number of rotatable bonds is 5. The second kappa shape index (κ2) is 6.86. The fraction of sp³-hybridized carbons (Fsp3) is 0.524. The quantitative estimate of drug-likeness (QED) is 0.787. The Morgan fingerprint density at radius 3 is 2.76 bits per heavy atom. The van der Waals surface area contributed by atoms with Crippen LogP contribution in [0.1, 0.15) is 51.5 Å². The number of hydrogen-bond donors (Lipinski definition) is 2. The number of carbonyl (C=O) groups excluding carboxylic acids is 3. The third kappa shape index (κ3) is 3.59. The van der Waals surface area contributed by atoms with Gasteiger partial charge in [0.05, 0.1) is 12.3 Å². The van der Waals surface area contributed by atoms with E-state index in [4.69, 9.17) is 10.6 Å². The fourth-order valence-corrected chi connectivity index (χ4v) is 4.06. The predicted octanol–water partition coefficient (Wildman–Crippen LogP) is 1.78. The molecule has 1 aromatic rings. The average Bonchev–Trinajstić information content (AvgIpc) is 3.16. The van der Waals surface area contributed by atoms with Gasteiger partial charge in [-0.15, -0.1) is 0 Å². The summed E-state index contributed by atoms with van der Waals surface area (Å²) in [4.78, 5) is 44.0. The molecule has 1 saturated heterocycles. The highest BCUT2D eigenvalue weighted by Crippen LogP contribution is 2.49. The summed E-state index contributed by atoms with van der Waals surface area (Å²) in [6.07, 6.45) is 2.87. The number of nitrogens with one attached hydrogen (secondary N) is 1. The third-order valence-electron chi connectivity index (χ3n) is 6.15. The SMILES string of the molecule is CCC(=O)Nc1cccc(C2=NOC3(C2)C[C@@H](C(N)=O)N(C(=O)C2(C)CC2)C3)c1. The van der Waals surface area contributed by atoms with Crippen molar-refractivity contribution in [3.63, 3.8) is 0 Å². The standard InChI is InChI=1S/C21H26N4O4/c1-3-17(26)23-14-6-4-5-13(9-14)15-10-21(29-24-15)11-16(18(22)27)25(12-21)19(28)20(2)7-8-20/h4-6,9,16H,3,7-8,10-12H2,1-2H3,(H2,22,27)(H,23,26)/t16-,21?/m0/s1. The molecule has 8 nitrogen and oxygen atoms in total. The van der Waals surface area contributed by atoms with Crippen LogP contribution >= 0.6 is 0 Å². The summed E-state index contributed by atoms with van der Waals surface area (Å²) in [5.74, 6) is -0.605. The molecule has 1 saturated carbocycles. The van der Waals surface area contributed by atoms with E-state index in [9.17, 15) is 14.4 Å². The van der Waals surface area contributed by atoms with Gasteiger partial charge in [-0.1, -0.05) is 31.1 Å². The zero-order chi connectivity index (χ0) is 20.8. The van der Waals surface area contributed by atoms with Gasteiger partial charge in [0.25, 0.3) is 0 Å². The molecule has 2 heterocycles. The highest BCUT2D eigenvalue weighted by molar-refractivity contribution is 6.03. The average molecular weight is 398 g/mol. The first-order valence-corrected chi connectivity index (χ1v) is 10.0. The normalized spacial score (nSPS) is 26.8. The second-order valence-electron chi connectivity index (χ2n) is 8.59. The van der Waals surface area contributed by atoms with Crippen molar-refractivity contribution in [3.8, 4) is 0 Å². The number of nitrogens with two attached hydrogens (primary N) is 1. The first kappa shape index (κ1) is 19.4. The van der Waals surface area contributed by atoms with E-state index in [-0.39, 0.29) is 17.2 Å². The van der Waals surface area contributed by atoms with Crippen LogP contribution in [0.2, 0.25) is 0 Å². The Morgan fingerprint density at radius 2 is 2.10 bits per heavy atom. The molecule has 8 heteroatoms. The highest BCUT2D eigenvalue weighted by Gasteiger charge is 2.57. The highest BCUT2D eigenvalue weighted by atomic mass is 16.7. The predicted molar refractivity (Wildman–Crippen MR) is 107 cm³/mol. The maximum atomic E-state index is 12.9. The van der Waals surface area contributed by atoms with Crippen LogP contribution in [0.5, 0.6) is 0 Å². The Bertz CT molecular complexity index is 908. The smallest absolute Gasteiger partial charge is 0.240 e. The Labute approximate surface area is 169 Å². The number of hydrogen-bond acceptors (Lipinski definition) is 5. The summed E-state index contributed by atoms with van der Waals surface area (Å²) in [5, 5.41) is 7.10. The second-order valence-corrected chi connectivity index (χ2v) is 8.59. The van der Waals surface area contributed by atoms with E-state index in [0.29, 0.717) is 31.5 Å². The molecule has 29 heavy (non-hydrogen) atoms. The van der Waals surface area contributed by atoms with Crippen molar-refractivity contribution in [1.82, 2.24) is 4.90 Å². The summed E-state index contributed by atoms with van der Waals surface area (Å²) < 4.78 is 0. The number of benzene rings is 1. The number of anilines is 1. The summed E-state index contributed by atoms with van der Waals surface area (Å²) >= 11 is 0. The van der Waals surface area contributed by atoms with Crippen molar-refractivity contribution < 1.29 is 19.2 Å². The van der Waals surface area contributed by atoms with Crippen molar-refractivity contribution in [3.05, 3.63) is 29.8 Å². The van der Waals surface area contributed by atoms with Crippen LogP contribution in [0.25, 0.3) is 0 Å². The van der Waals surface area contributed by atoms with Crippen molar-refractivity contribution in [2.24, 2.45) is 16.3 Å². The topological polar surface area (TPSA) is 114 Å². The molecule has 0 aromatic heterocycles. The molecule has 0 radical (unpaired) electrons. The molecule has 3 amide bonds. The molecule has 1 aliphatic carbocycles. The number of primary amides is 1. The Morgan fingerprint density at radius 1 is 1.34 bits per heavy atom. The molecular formula is C21H26N4O4. The van der Waals surface area contributed by atoms with Crippen molar-refractivity contribution in [2.75, 3.05) is 11.9 Å². The molecule has 3 aliphatic rings. The van der Waals surface area contributed by atoms with E-state index >= 15 is 0 Å². The molecule has 1 unspecified atom stereocenters. The van der Waals surface area contributed by atoms with Crippen LogP contribution in [0.3, 0.4) is 0 Å². The largest absolute Gasteiger partial charge is 0.387 e. The van der Waals surface area contributed by atoms with Gasteiger partial charge in [-0.05, 0) is 25.0 Å². The van der Waals surface area contributed by atoms with Crippen molar-refractivity contribution >= 4 is 29.1 Å². The first-order valence-electron chi connectivity index (χ1n) is 10.0. The minimum atomic E-state index is -0.737. The summed E-state index contributed by atoms with van der Waals surface area (Å²) in [6, 6.07) is 6.74. The molecule has 2 atom stereocenters. The van der Waals surface area contributed by atoms with Gasteiger partial charge in [-0.3, -0.25) is 14.4 Å². The van der Waals surface area contributed by atoms with Crippen LogP contribution in [0.15, 0.2) is 29.4 Å². The molecule has 3 N–H and O–H groups in total. The monoisotopic (exact) mass is 398 g/mol. The molecular weight excluding hydrogens is 372 g/mol. The van der Waals surface area contributed by atoms with Crippen LogP contribution in [-0.4, -0.2) is 46.5 Å². The summed E-state index contributed by atoms with van der Waals surface area (Å²) in [7, 11) is 0. The van der Waals surface area contributed by atoms with E-state index in [1.807, 2.05) is 31.2 Å². The summed E-state index contributed by atoms with van der Waals surface area (Å²) in [6.45, 7) is 4.02. The van der Waals surface area contributed by atoms with E-state index in [0.717, 1.165) is 24.1 Å². The van der Waals surface area contributed by atoms with E-state index in [1.165, 1.54) is 0 Å². The van der Waals surface area contributed by atoms with Gasteiger partial charge in [0, 0.05) is 35.9 Å². The molecule has 1 aromatic carbocycles. The number of nitrogens with zero attached hydrogens (tertiary/aromatic N) is 2. The number of carbonyl (C=O) groups is 3. The zero-order valence-electron chi connectivity index (χ0n) is 16.7. The zero-order valence-corrected chi connectivity index (χ0v) is 16.7. The van der Waals surface area contributed by atoms with Gasteiger partial charge in [0.15, 0.2) is 5.60 Å². The third-order valence-corrected chi connectivity index (χ3v) is 6.15. The van der Waals surface area contributed by atoms with E-state index < -0.39 is 17.6 Å². The molecule has 154 valence electrons. The molecule has 2 fully saturated rings. The van der Waals surface area contributed by atoms with Gasteiger partial charge >= 0.3 is 0 Å². The maximum absolute atomic E-state index is 12.9. The summed E-state index contributed by atoms with van der Waals surface area (Å²) in [5.41, 5.74) is 6.74. The fourth-order valence-electron chi connectivity index (χ4n) is 4.06. The van der Waals surface area contributed by atoms with Gasteiger partial charge in [-0.2, -0.15) is 0 Å². The van der Waals surface area contributed by atoms with Crippen LogP contribution in [0.4, 0.5) is 5.69 Å². The van der Waals surface area contributed by atoms with E-state index in [2.05, 4.69) is 10.5 Å². The van der Waals surface area contributed by atoms with Gasteiger partial charge < -0.3 is 20.8 Å². The first-order chi connectivity index (χ1) is 13.8. The lowest BCUT2D eigenvalue weighted by atomic mass is 9.91. The van der Waals surface area contributed by atoms with Gasteiger partial charge in [0.1, 0.15) is 6.04 Å². The number of likely N-dealkylation sites (tertiary alicyclic amines) is 1. The lowest BCUT2D eigenvalue weighted by Crippen LogP contribution is -2.46. The maximum Gasteiger partial charge on any atom is 0.240 e. The van der Waals surface area contributed by atoms with Crippen molar-refractivity contribution in [1.29, 1.82) is 0 Å². The minimum Gasteiger partial charge on any atom is -0.387 e. The van der Waals surface area contributed by atoms with Crippen LogP contribution in [0, 0.1) is 5.41 Å².